The van der Waals surface area contributed by atoms with E-state index in [9.17, 15) is 14.8 Å². The molecule has 4 rings (SSSR count). The van der Waals surface area contributed by atoms with Gasteiger partial charge in [0.05, 0.1) is 12.1 Å². The van der Waals surface area contributed by atoms with E-state index >= 15 is 0 Å². The lowest BCUT2D eigenvalue weighted by atomic mass is 9.81. The number of ketones is 1. The summed E-state index contributed by atoms with van der Waals surface area (Å²) in [5.74, 6) is -0.830. The van der Waals surface area contributed by atoms with E-state index in [1.165, 1.54) is 11.5 Å². The van der Waals surface area contributed by atoms with Gasteiger partial charge in [-0.25, -0.2) is 0 Å². The van der Waals surface area contributed by atoms with Gasteiger partial charge in [-0.05, 0) is 29.9 Å². The number of hydrogen-bond donors (Lipinski definition) is 3. The predicted molar refractivity (Wildman–Crippen MR) is 128 cm³/mol. The zero-order valence-corrected chi connectivity index (χ0v) is 19.3. The first-order valence-corrected chi connectivity index (χ1v) is 12.1. The molecule has 2 aliphatic rings. The van der Waals surface area contributed by atoms with Crippen LogP contribution >= 0.6 is 0 Å². The molecule has 176 valence electrons. The van der Waals surface area contributed by atoms with Crippen LogP contribution in [0.25, 0.3) is 0 Å². The Morgan fingerprint density at radius 3 is 2.18 bits per heavy atom. The van der Waals surface area contributed by atoms with E-state index in [2.05, 4.69) is 5.32 Å². The van der Waals surface area contributed by atoms with Crippen LogP contribution in [-0.2, 0) is 9.59 Å². The fourth-order valence-electron chi connectivity index (χ4n) is 5.50. The van der Waals surface area contributed by atoms with Crippen molar-refractivity contribution in [1.82, 2.24) is 10.4 Å². The summed E-state index contributed by atoms with van der Waals surface area (Å²) >= 11 is 0. The standard InChI is InChI=1S/C27H35N3O3/c1-18-22(19-11-5-2-6-12-19)17-30(33)25(21-15-9-4-10-16-21)24(26(18)31)29-27(32)23(28)20-13-7-3-8-14-20/h2,4-6,9-12,15-16,18,20,22-25,33H,3,7-8,13-14,17,28H2,1H3,(H,29,32)/t18-,22+,23-,24-,25+/m0/s1. The van der Waals surface area contributed by atoms with Crippen LogP contribution in [0.3, 0.4) is 0 Å². The van der Waals surface area contributed by atoms with Crippen molar-refractivity contribution in [2.24, 2.45) is 17.6 Å². The van der Waals surface area contributed by atoms with Crippen LogP contribution in [0.2, 0.25) is 0 Å². The average molecular weight is 450 g/mol. The summed E-state index contributed by atoms with van der Waals surface area (Å²) in [7, 11) is 0. The minimum Gasteiger partial charge on any atom is -0.343 e. The molecule has 2 fully saturated rings. The molecule has 1 amide bonds. The quantitative estimate of drug-likeness (QED) is 0.645. The lowest BCUT2D eigenvalue weighted by Gasteiger charge is -2.33. The van der Waals surface area contributed by atoms with E-state index in [1.807, 2.05) is 67.6 Å². The zero-order valence-electron chi connectivity index (χ0n) is 19.3. The van der Waals surface area contributed by atoms with Gasteiger partial charge in [0, 0.05) is 18.4 Å². The molecule has 0 bridgehead atoms. The lowest BCUT2D eigenvalue weighted by Crippen LogP contribution is -2.55. The molecule has 6 heteroatoms. The third-order valence-electron chi connectivity index (χ3n) is 7.51. The van der Waals surface area contributed by atoms with Crippen LogP contribution in [0.15, 0.2) is 60.7 Å². The van der Waals surface area contributed by atoms with Gasteiger partial charge in [0.1, 0.15) is 6.04 Å². The highest BCUT2D eigenvalue weighted by Gasteiger charge is 2.44. The first kappa shape index (κ1) is 23.6. The summed E-state index contributed by atoms with van der Waals surface area (Å²) in [6.45, 7) is 2.18. The van der Waals surface area contributed by atoms with Crippen molar-refractivity contribution in [3.05, 3.63) is 71.8 Å². The van der Waals surface area contributed by atoms with Gasteiger partial charge in [-0.3, -0.25) is 9.59 Å². The van der Waals surface area contributed by atoms with Crippen LogP contribution in [0.1, 0.15) is 62.1 Å². The number of rotatable bonds is 5. The molecule has 1 saturated heterocycles. The number of hydroxylamine groups is 2. The lowest BCUT2D eigenvalue weighted by molar-refractivity contribution is -0.147. The summed E-state index contributed by atoms with van der Waals surface area (Å²) in [4.78, 5) is 27.0. The molecular weight excluding hydrogens is 414 g/mol. The molecule has 6 nitrogen and oxygen atoms in total. The van der Waals surface area contributed by atoms with E-state index in [4.69, 9.17) is 5.73 Å². The number of nitrogens with zero attached hydrogens (tertiary/aromatic N) is 1. The highest BCUT2D eigenvalue weighted by atomic mass is 16.5. The first-order valence-electron chi connectivity index (χ1n) is 12.1. The maximum Gasteiger partial charge on any atom is 0.237 e. The van der Waals surface area contributed by atoms with Crippen LogP contribution in [-0.4, -0.2) is 40.6 Å². The number of carbonyl (C=O) groups is 2. The number of nitrogens with one attached hydrogen (secondary N) is 1. The van der Waals surface area contributed by atoms with E-state index in [-0.39, 0.29) is 36.0 Å². The molecule has 0 spiro atoms. The Balaban J connectivity index is 1.65. The van der Waals surface area contributed by atoms with E-state index in [1.54, 1.807) is 0 Å². The summed E-state index contributed by atoms with van der Waals surface area (Å²) in [5.41, 5.74) is 8.14. The normalized spacial score (nSPS) is 28.2. The van der Waals surface area contributed by atoms with Gasteiger partial charge in [0.15, 0.2) is 5.78 Å². The molecule has 4 N–H and O–H groups in total. The van der Waals surface area contributed by atoms with Crippen LogP contribution in [0, 0.1) is 11.8 Å². The molecule has 5 atom stereocenters. The van der Waals surface area contributed by atoms with Gasteiger partial charge in [-0.2, -0.15) is 5.06 Å². The van der Waals surface area contributed by atoms with Crippen LogP contribution < -0.4 is 11.1 Å². The van der Waals surface area contributed by atoms with E-state index in [0.29, 0.717) is 0 Å². The van der Waals surface area contributed by atoms with E-state index in [0.717, 1.165) is 36.8 Å². The minimum absolute atomic E-state index is 0.0848. The highest BCUT2D eigenvalue weighted by molar-refractivity contribution is 5.93. The minimum atomic E-state index is -0.886. The number of hydrogen-bond acceptors (Lipinski definition) is 5. The number of carbonyl (C=O) groups excluding carboxylic acids is 2. The number of Topliss-reactive ketones (excluding diaryl/α,β-unsaturated/α-hetero) is 1. The summed E-state index contributed by atoms with van der Waals surface area (Å²) in [6, 6.07) is 17.0. The molecular formula is C27H35N3O3. The topological polar surface area (TPSA) is 95.7 Å². The third-order valence-corrected chi connectivity index (χ3v) is 7.51. The Morgan fingerprint density at radius 2 is 1.58 bits per heavy atom. The second-order valence-electron chi connectivity index (χ2n) is 9.60. The van der Waals surface area contributed by atoms with Gasteiger partial charge in [0.25, 0.3) is 0 Å². The first-order chi connectivity index (χ1) is 16.0. The SMILES string of the molecule is C[C@@H]1C(=O)[C@@H](NC(=O)[C@@H](N)C2CCCCC2)[C@@H](c2ccccc2)N(O)C[C@H]1c1ccccc1. The van der Waals surface area contributed by atoms with Crippen molar-refractivity contribution in [2.45, 2.75) is 63.1 Å². The number of amides is 1. The molecule has 1 aliphatic heterocycles. The van der Waals surface area contributed by atoms with Crippen LogP contribution in [0.5, 0.6) is 0 Å². The van der Waals surface area contributed by atoms with Crippen molar-refractivity contribution >= 4 is 11.7 Å². The number of benzene rings is 2. The van der Waals surface area contributed by atoms with Gasteiger partial charge < -0.3 is 16.3 Å². The zero-order chi connectivity index (χ0) is 23.4. The second kappa shape index (κ2) is 10.6. The van der Waals surface area contributed by atoms with Crippen molar-refractivity contribution < 1.29 is 14.8 Å². The van der Waals surface area contributed by atoms with Gasteiger partial charge in [-0.1, -0.05) is 86.8 Å². The summed E-state index contributed by atoms with van der Waals surface area (Å²) in [6.07, 6.45) is 5.23. The molecule has 1 saturated carbocycles. The Labute approximate surface area is 196 Å². The molecule has 2 aromatic rings. The molecule has 33 heavy (non-hydrogen) atoms. The van der Waals surface area contributed by atoms with Gasteiger partial charge in [0.2, 0.25) is 5.91 Å². The third kappa shape index (κ3) is 5.18. The largest absolute Gasteiger partial charge is 0.343 e. The molecule has 0 aromatic heterocycles. The Hall–Kier alpha value is -2.54. The summed E-state index contributed by atoms with van der Waals surface area (Å²) < 4.78 is 0. The monoisotopic (exact) mass is 449 g/mol. The maximum atomic E-state index is 13.8. The predicted octanol–water partition coefficient (Wildman–Crippen LogP) is 3.81. The van der Waals surface area contributed by atoms with Crippen molar-refractivity contribution in [2.75, 3.05) is 6.54 Å². The van der Waals surface area contributed by atoms with Crippen LogP contribution in [0.4, 0.5) is 0 Å². The molecule has 1 aliphatic carbocycles. The molecule has 1 heterocycles. The molecule has 0 radical (unpaired) electrons. The Morgan fingerprint density at radius 1 is 1.00 bits per heavy atom. The van der Waals surface area contributed by atoms with Crippen molar-refractivity contribution in [3.8, 4) is 0 Å². The molecule has 2 aromatic carbocycles. The fraction of sp³-hybridized carbons (Fsp3) is 0.481. The smallest absolute Gasteiger partial charge is 0.237 e. The van der Waals surface area contributed by atoms with Crippen molar-refractivity contribution in [1.29, 1.82) is 0 Å². The van der Waals surface area contributed by atoms with E-state index < -0.39 is 18.1 Å². The highest BCUT2D eigenvalue weighted by Crippen LogP contribution is 2.37. The average Bonchev–Trinajstić information content (AvgIpc) is 2.95. The maximum absolute atomic E-state index is 13.8. The Kier molecular flexibility index (Phi) is 7.58. The van der Waals surface area contributed by atoms with Gasteiger partial charge >= 0.3 is 0 Å². The molecule has 0 unspecified atom stereocenters. The second-order valence-corrected chi connectivity index (χ2v) is 9.60. The van der Waals surface area contributed by atoms with Gasteiger partial charge in [-0.15, -0.1) is 0 Å². The van der Waals surface area contributed by atoms with Crippen molar-refractivity contribution in [3.63, 3.8) is 0 Å². The fourth-order valence-corrected chi connectivity index (χ4v) is 5.50. The summed E-state index contributed by atoms with van der Waals surface area (Å²) in [5, 5.41) is 15.4. The Bertz CT molecular complexity index is 930. The number of nitrogens with two attached hydrogens (primary N) is 1.